The quantitative estimate of drug-likeness (QED) is 0.604. The molecule has 1 saturated heterocycles. The van der Waals surface area contributed by atoms with Gasteiger partial charge >= 0.3 is 0 Å². The number of rotatable bonds is 4. The second-order valence-corrected chi connectivity index (χ2v) is 8.83. The summed E-state index contributed by atoms with van der Waals surface area (Å²) in [5, 5.41) is 10.8. The third-order valence-corrected chi connectivity index (χ3v) is 6.40. The summed E-state index contributed by atoms with van der Waals surface area (Å²) in [5.74, 6) is 0. The Kier molecular flexibility index (Phi) is 5.82. The molecule has 0 atom stereocenters. The van der Waals surface area contributed by atoms with Gasteiger partial charge in [0.05, 0.1) is 22.7 Å². The number of thiazole rings is 1. The summed E-state index contributed by atoms with van der Waals surface area (Å²) in [4.78, 5) is 9.72. The normalized spacial score (nSPS) is 15.5. The molecule has 3 aromatic rings. The van der Waals surface area contributed by atoms with E-state index in [0.717, 1.165) is 65.1 Å². The minimum Gasteiger partial charge on any atom is -0.347 e. The van der Waals surface area contributed by atoms with Crippen LogP contribution in [0.15, 0.2) is 36.4 Å². The molecule has 2 aromatic carbocycles. The monoisotopic (exact) mass is 410 g/mol. The van der Waals surface area contributed by atoms with Crippen LogP contribution >= 0.6 is 22.9 Å². The van der Waals surface area contributed by atoms with E-state index >= 15 is 0 Å². The summed E-state index contributed by atoms with van der Waals surface area (Å²) in [5.41, 5.74) is 4.66. The number of benzene rings is 2. The van der Waals surface area contributed by atoms with Gasteiger partial charge in [-0.1, -0.05) is 46.7 Å². The highest BCUT2D eigenvalue weighted by Crippen LogP contribution is 2.31. The van der Waals surface area contributed by atoms with E-state index in [2.05, 4.69) is 41.0 Å². The second kappa shape index (κ2) is 8.48. The van der Waals surface area contributed by atoms with Crippen LogP contribution in [-0.4, -0.2) is 36.1 Å². The van der Waals surface area contributed by atoms with E-state index in [9.17, 15) is 0 Å². The van der Waals surface area contributed by atoms with Gasteiger partial charge in [-0.25, -0.2) is 4.98 Å². The van der Waals surface area contributed by atoms with E-state index in [-0.39, 0.29) is 0 Å². The van der Waals surface area contributed by atoms with E-state index in [0.29, 0.717) is 6.42 Å². The van der Waals surface area contributed by atoms with Crippen molar-refractivity contribution in [3.8, 4) is 6.07 Å². The zero-order valence-corrected chi connectivity index (χ0v) is 17.6. The zero-order chi connectivity index (χ0) is 19.5. The van der Waals surface area contributed by atoms with Crippen LogP contribution < -0.4 is 4.90 Å². The summed E-state index contributed by atoms with van der Waals surface area (Å²) in [7, 11) is 0. The van der Waals surface area contributed by atoms with Gasteiger partial charge in [0.1, 0.15) is 0 Å². The van der Waals surface area contributed by atoms with E-state index in [1.165, 1.54) is 11.1 Å². The molecule has 0 amide bonds. The lowest BCUT2D eigenvalue weighted by Crippen LogP contribution is -2.30. The number of fused-ring (bicyclic) bond motifs is 1. The van der Waals surface area contributed by atoms with Crippen molar-refractivity contribution in [1.82, 2.24) is 9.88 Å². The summed E-state index contributed by atoms with van der Waals surface area (Å²) in [6, 6.07) is 14.7. The van der Waals surface area contributed by atoms with Crippen molar-refractivity contribution in [3.05, 3.63) is 58.1 Å². The molecule has 0 unspecified atom stereocenters. The second-order valence-electron chi connectivity index (χ2n) is 7.39. The molecule has 4 rings (SSSR count). The highest BCUT2D eigenvalue weighted by molar-refractivity contribution is 7.22. The molecule has 4 nitrogen and oxygen atoms in total. The largest absolute Gasteiger partial charge is 0.347 e. The van der Waals surface area contributed by atoms with E-state index in [4.69, 9.17) is 21.8 Å². The zero-order valence-electron chi connectivity index (χ0n) is 16.0. The lowest BCUT2D eigenvalue weighted by molar-refractivity contribution is 0.285. The third kappa shape index (κ3) is 4.47. The average Bonchev–Trinajstić information content (AvgIpc) is 2.92. The van der Waals surface area contributed by atoms with E-state index in [1.807, 2.05) is 18.2 Å². The molecule has 0 spiro atoms. The van der Waals surface area contributed by atoms with Crippen molar-refractivity contribution in [2.75, 3.05) is 31.1 Å². The van der Waals surface area contributed by atoms with Gasteiger partial charge in [0.25, 0.3) is 0 Å². The molecule has 28 heavy (non-hydrogen) atoms. The van der Waals surface area contributed by atoms with Crippen LogP contribution in [0, 0.1) is 18.3 Å². The molecule has 0 saturated carbocycles. The first kappa shape index (κ1) is 19.2. The number of aromatic nitrogens is 1. The Bertz CT molecular complexity index is 1020. The molecule has 1 aliphatic rings. The minimum absolute atomic E-state index is 0.476. The summed E-state index contributed by atoms with van der Waals surface area (Å²) < 4.78 is 1.15. The summed E-state index contributed by atoms with van der Waals surface area (Å²) in [6.45, 7) is 7.13. The SMILES string of the molecule is Cc1cc(CC#N)cc(CN2CCCN(c3nc4ccc(Cl)cc4s3)CC2)c1. The first-order valence-corrected chi connectivity index (χ1v) is 10.8. The fourth-order valence-corrected chi connectivity index (χ4v) is 5.13. The Balaban J connectivity index is 1.44. The molecular formula is C22H23ClN4S. The number of halogens is 1. The van der Waals surface area contributed by atoms with Gasteiger partial charge in [-0.2, -0.15) is 5.26 Å². The number of hydrogen-bond donors (Lipinski definition) is 0. The van der Waals surface area contributed by atoms with Gasteiger partial charge in [-0.3, -0.25) is 4.90 Å². The fraction of sp³-hybridized carbons (Fsp3) is 0.364. The molecule has 0 N–H and O–H groups in total. The predicted molar refractivity (Wildman–Crippen MR) is 117 cm³/mol. The van der Waals surface area contributed by atoms with Gasteiger partial charge in [-0.15, -0.1) is 0 Å². The van der Waals surface area contributed by atoms with Gasteiger partial charge in [0.2, 0.25) is 0 Å². The molecule has 6 heteroatoms. The molecule has 1 aromatic heterocycles. The molecule has 1 fully saturated rings. The van der Waals surface area contributed by atoms with Crippen LogP contribution in [0.4, 0.5) is 5.13 Å². The van der Waals surface area contributed by atoms with Crippen LogP contribution in [0.5, 0.6) is 0 Å². The number of hydrogen-bond acceptors (Lipinski definition) is 5. The molecule has 0 bridgehead atoms. The van der Waals surface area contributed by atoms with Crippen molar-refractivity contribution in [2.24, 2.45) is 0 Å². The van der Waals surface area contributed by atoms with Gasteiger partial charge < -0.3 is 4.90 Å². The Morgan fingerprint density at radius 3 is 2.82 bits per heavy atom. The first-order chi connectivity index (χ1) is 13.6. The standard InChI is InChI=1S/C22H23ClN4S/c1-16-11-17(5-6-24)13-18(12-16)15-26-7-2-8-27(10-9-26)22-25-20-4-3-19(23)14-21(20)28-22/h3-4,11-14H,2,5,7-10,15H2,1H3. The lowest BCUT2D eigenvalue weighted by Gasteiger charge is -2.22. The molecule has 2 heterocycles. The Morgan fingerprint density at radius 2 is 1.96 bits per heavy atom. The van der Waals surface area contributed by atoms with Gasteiger partial charge in [-0.05, 0) is 42.7 Å². The van der Waals surface area contributed by atoms with Gasteiger partial charge in [0.15, 0.2) is 5.13 Å². The van der Waals surface area contributed by atoms with Crippen molar-refractivity contribution in [2.45, 2.75) is 26.3 Å². The maximum Gasteiger partial charge on any atom is 0.186 e. The van der Waals surface area contributed by atoms with Crippen LogP contribution in [0.3, 0.4) is 0 Å². The Hall–Kier alpha value is -2.13. The number of nitrogens with zero attached hydrogens (tertiary/aromatic N) is 4. The van der Waals surface area contributed by atoms with Crippen LogP contribution in [0.2, 0.25) is 5.02 Å². The highest BCUT2D eigenvalue weighted by Gasteiger charge is 2.18. The molecular weight excluding hydrogens is 388 g/mol. The average molecular weight is 411 g/mol. The summed E-state index contributed by atoms with van der Waals surface area (Å²) in [6.07, 6.45) is 1.59. The Morgan fingerprint density at radius 1 is 1.11 bits per heavy atom. The third-order valence-electron chi connectivity index (χ3n) is 5.08. The molecule has 144 valence electrons. The Labute approximate surface area is 175 Å². The summed E-state index contributed by atoms with van der Waals surface area (Å²) >= 11 is 7.84. The first-order valence-electron chi connectivity index (χ1n) is 9.60. The van der Waals surface area contributed by atoms with Crippen molar-refractivity contribution in [3.63, 3.8) is 0 Å². The minimum atomic E-state index is 0.476. The highest BCUT2D eigenvalue weighted by atomic mass is 35.5. The van der Waals surface area contributed by atoms with E-state index in [1.54, 1.807) is 11.3 Å². The molecule has 0 radical (unpaired) electrons. The number of nitriles is 1. The smallest absolute Gasteiger partial charge is 0.186 e. The van der Waals surface area contributed by atoms with Crippen molar-refractivity contribution in [1.29, 1.82) is 5.26 Å². The van der Waals surface area contributed by atoms with Crippen molar-refractivity contribution >= 4 is 38.3 Å². The van der Waals surface area contributed by atoms with Crippen LogP contribution in [0.1, 0.15) is 23.1 Å². The maximum atomic E-state index is 8.99. The molecule has 0 aliphatic carbocycles. The van der Waals surface area contributed by atoms with Crippen LogP contribution in [0.25, 0.3) is 10.2 Å². The number of anilines is 1. The maximum absolute atomic E-state index is 8.99. The number of aryl methyl sites for hydroxylation is 1. The molecule has 1 aliphatic heterocycles. The van der Waals surface area contributed by atoms with Crippen LogP contribution in [-0.2, 0) is 13.0 Å². The van der Waals surface area contributed by atoms with Crippen molar-refractivity contribution < 1.29 is 0 Å². The topological polar surface area (TPSA) is 43.2 Å². The van der Waals surface area contributed by atoms with E-state index < -0.39 is 0 Å². The predicted octanol–water partition coefficient (Wildman–Crippen LogP) is 5.04. The lowest BCUT2D eigenvalue weighted by atomic mass is 10.0. The fourth-order valence-electron chi connectivity index (χ4n) is 3.83. The van der Waals surface area contributed by atoms with Gasteiger partial charge in [0, 0.05) is 37.7 Å².